The summed E-state index contributed by atoms with van der Waals surface area (Å²) in [5.74, 6) is -1.42. The number of hydrogen-bond donors (Lipinski definition) is 1. The van der Waals surface area contributed by atoms with E-state index >= 15 is 0 Å². The van der Waals surface area contributed by atoms with Gasteiger partial charge in [0.1, 0.15) is 10.8 Å². The molecule has 1 aliphatic heterocycles. The Morgan fingerprint density at radius 1 is 1.50 bits per heavy atom. The summed E-state index contributed by atoms with van der Waals surface area (Å²) in [4.78, 5) is 28.2. The summed E-state index contributed by atoms with van der Waals surface area (Å²) < 4.78 is 5.04. The number of pyridine rings is 1. The Hall–Kier alpha value is -1.66. The number of morpholine rings is 1. The number of halogens is 1. The Kier molecular flexibility index (Phi) is 3.78. The molecule has 0 saturated carbocycles. The Balaban J connectivity index is 2.11. The Labute approximate surface area is 108 Å². The van der Waals surface area contributed by atoms with Crippen LogP contribution in [-0.4, -0.2) is 52.7 Å². The summed E-state index contributed by atoms with van der Waals surface area (Å²) in [7, 11) is 0. The van der Waals surface area contributed by atoms with Crippen molar-refractivity contribution in [3.05, 3.63) is 29.0 Å². The molecule has 0 spiro atoms. The van der Waals surface area contributed by atoms with Crippen molar-refractivity contribution in [3.63, 3.8) is 0 Å². The SMILES string of the molecule is O=C(O)C1CN(C(=O)c2cccc(Cl)n2)CCO1. The van der Waals surface area contributed by atoms with E-state index in [-0.39, 0.29) is 29.9 Å². The molecule has 0 radical (unpaired) electrons. The van der Waals surface area contributed by atoms with Gasteiger partial charge in [0.2, 0.25) is 0 Å². The maximum absolute atomic E-state index is 12.1. The molecule has 1 aromatic heterocycles. The molecule has 0 aromatic carbocycles. The number of carbonyl (C=O) groups is 2. The molecule has 1 N–H and O–H groups in total. The second-order valence-corrected chi connectivity index (χ2v) is 4.18. The number of amides is 1. The molecule has 6 nitrogen and oxygen atoms in total. The number of carboxylic acids is 1. The summed E-state index contributed by atoms with van der Waals surface area (Å²) in [6.07, 6.45) is -0.984. The first-order chi connectivity index (χ1) is 8.58. The first-order valence-electron chi connectivity index (χ1n) is 5.34. The zero-order chi connectivity index (χ0) is 13.1. The minimum absolute atomic E-state index is 0.0162. The third-order valence-electron chi connectivity index (χ3n) is 2.56. The van der Waals surface area contributed by atoms with Gasteiger partial charge in [0.25, 0.3) is 5.91 Å². The van der Waals surface area contributed by atoms with Crippen molar-refractivity contribution in [2.45, 2.75) is 6.10 Å². The standard InChI is InChI=1S/C11H11ClN2O4/c12-9-3-1-2-7(13-9)10(15)14-4-5-18-8(6-14)11(16)17/h1-3,8H,4-6H2,(H,16,17). The van der Waals surface area contributed by atoms with Crippen molar-refractivity contribution in [2.24, 2.45) is 0 Å². The van der Waals surface area contributed by atoms with Gasteiger partial charge in [0, 0.05) is 6.54 Å². The van der Waals surface area contributed by atoms with Crippen molar-refractivity contribution in [1.82, 2.24) is 9.88 Å². The van der Waals surface area contributed by atoms with Crippen molar-refractivity contribution in [2.75, 3.05) is 19.7 Å². The van der Waals surface area contributed by atoms with Gasteiger partial charge >= 0.3 is 5.97 Å². The monoisotopic (exact) mass is 270 g/mol. The first-order valence-corrected chi connectivity index (χ1v) is 5.72. The minimum Gasteiger partial charge on any atom is -0.479 e. The van der Waals surface area contributed by atoms with E-state index in [1.165, 1.54) is 4.90 Å². The van der Waals surface area contributed by atoms with E-state index in [2.05, 4.69) is 4.98 Å². The van der Waals surface area contributed by atoms with Gasteiger partial charge in [-0.25, -0.2) is 9.78 Å². The second-order valence-electron chi connectivity index (χ2n) is 3.79. The van der Waals surface area contributed by atoms with Gasteiger partial charge in [0.05, 0.1) is 13.2 Å². The number of rotatable bonds is 2. The largest absolute Gasteiger partial charge is 0.479 e. The average molecular weight is 271 g/mol. The summed E-state index contributed by atoms with van der Waals surface area (Å²) in [6, 6.07) is 4.73. The number of carboxylic acid groups (broad SMARTS) is 1. The molecule has 1 fully saturated rings. The predicted molar refractivity (Wildman–Crippen MR) is 62.5 cm³/mol. The summed E-state index contributed by atoms with van der Waals surface area (Å²) >= 11 is 5.71. The number of carbonyl (C=O) groups excluding carboxylic acids is 1. The Bertz CT molecular complexity index is 480. The lowest BCUT2D eigenvalue weighted by atomic mass is 10.2. The van der Waals surface area contributed by atoms with Crippen molar-refractivity contribution in [1.29, 1.82) is 0 Å². The number of aliphatic carboxylic acids is 1. The Morgan fingerprint density at radius 3 is 2.94 bits per heavy atom. The van der Waals surface area contributed by atoms with E-state index in [1.807, 2.05) is 0 Å². The number of hydrogen-bond acceptors (Lipinski definition) is 4. The lowest BCUT2D eigenvalue weighted by Gasteiger charge is -2.30. The van der Waals surface area contributed by atoms with Crippen LogP contribution in [0.3, 0.4) is 0 Å². The van der Waals surface area contributed by atoms with Crippen LogP contribution in [0.1, 0.15) is 10.5 Å². The first kappa shape index (κ1) is 12.8. The van der Waals surface area contributed by atoms with Gasteiger partial charge < -0.3 is 14.7 Å². The summed E-state index contributed by atoms with van der Waals surface area (Å²) in [5, 5.41) is 9.08. The maximum Gasteiger partial charge on any atom is 0.334 e. The fourth-order valence-corrected chi connectivity index (χ4v) is 1.84. The fraction of sp³-hybridized carbons (Fsp3) is 0.364. The molecule has 1 aromatic rings. The van der Waals surface area contributed by atoms with E-state index in [0.29, 0.717) is 6.54 Å². The molecule has 1 unspecified atom stereocenters. The van der Waals surface area contributed by atoms with Gasteiger partial charge in [-0.15, -0.1) is 0 Å². The molecular formula is C11H11ClN2O4. The zero-order valence-electron chi connectivity index (χ0n) is 9.38. The average Bonchev–Trinajstić information content (AvgIpc) is 2.38. The molecule has 0 aliphatic carbocycles. The van der Waals surface area contributed by atoms with Gasteiger partial charge in [0.15, 0.2) is 6.10 Å². The second kappa shape index (κ2) is 5.32. The van der Waals surface area contributed by atoms with Crippen LogP contribution in [0.4, 0.5) is 0 Å². The molecule has 7 heteroatoms. The zero-order valence-corrected chi connectivity index (χ0v) is 10.1. The van der Waals surface area contributed by atoms with Crippen LogP contribution in [0.5, 0.6) is 0 Å². The van der Waals surface area contributed by atoms with Crippen LogP contribution in [0, 0.1) is 0 Å². The fourth-order valence-electron chi connectivity index (χ4n) is 1.67. The van der Waals surface area contributed by atoms with Gasteiger partial charge in [-0.1, -0.05) is 17.7 Å². The number of nitrogens with zero attached hydrogens (tertiary/aromatic N) is 2. The van der Waals surface area contributed by atoms with Crippen LogP contribution in [-0.2, 0) is 9.53 Å². The highest BCUT2D eigenvalue weighted by Crippen LogP contribution is 2.11. The minimum atomic E-state index is -1.08. The van der Waals surface area contributed by atoms with E-state index in [9.17, 15) is 9.59 Å². The van der Waals surface area contributed by atoms with Crippen molar-refractivity contribution >= 4 is 23.5 Å². The molecule has 18 heavy (non-hydrogen) atoms. The van der Waals surface area contributed by atoms with E-state index in [4.69, 9.17) is 21.4 Å². The predicted octanol–water partition coefficient (Wildman–Crippen LogP) is 0.661. The van der Waals surface area contributed by atoms with Gasteiger partial charge in [-0.3, -0.25) is 4.79 Å². The third kappa shape index (κ3) is 2.77. The maximum atomic E-state index is 12.1. The van der Waals surface area contributed by atoms with Crippen LogP contribution in [0.2, 0.25) is 5.15 Å². The van der Waals surface area contributed by atoms with Crippen LogP contribution in [0.15, 0.2) is 18.2 Å². The number of ether oxygens (including phenoxy) is 1. The summed E-state index contributed by atoms with van der Waals surface area (Å²) in [6.45, 7) is 0.558. The molecule has 2 rings (SSSR count). The third-order valence-corrected chi connectivity index (χ3v) is 2.77. The van der Waals surface area contributed by atoms with E-state index in [0.717, 1.165) is 0 Å². The van der Waals surface area contributed by atoms with Gasteiger partial charge in [-0.05, 0) is 12.1 Å². The number of aromatic nitrogens is 1. The quantitative estimate of drug-likeness (QED) is 0.799. The summed E-state index contributed by atoms with van der Waals surface area (Å²) in [5.41, 5.74) is 0.202. The van der Waals surface area contributed by atoms with Crippen LogP contribution in [0.25, 0.3) is 0 Å². The molecular weight excluding hydrogens is 260 g/mol. The van der Waals surface area contributed by atoms with Crippen molar-refractivity contribution in [3.8, 4) is 0 Å². The van der Waals surface area contributed by atoms with E-state index in [1.54, 1.807) is 18.2 Å². The molecule has 1 atom stereocenters. The highest BCUT2D eigenvalue weighted by atomic mass is 35.5. The normalized spacial score (nSPS) is 19.6. The lowest BCUT2D eigenvalue weighted by molar-refractivity contribution is -0.154. The molecule has 1 amide bonds. The molecule has 96 valence electrons. The lowest BCUT2D eigenvalue weighted by Crippen LogP contribution is -2.48. The molecule has 1 aliphatic rings. The van der Waals surface area contributed by atoms with Crippen LogP contribution < -0.4 is 0 Å². The van der Waals surface area contributed by atoms with Crippen LogP contribution >= 0.6 is 11.6 Å². The van der Waals surface area contributed by atoms with Gasteiger partial charge in [-0.2, -0.15) is 0 Å². The van der Waals surface area contributed by atoms with E-state index < -0.39 is 12.1 Å². The Morgan fingerprint density at radius 2 is 2.28 bits per heavy atom. The smallest absolute Gasteiger partial charge is 0.334 e. The topological polar surface area (TPSA) is 79.7 Å². The molecule has 2 heterocycles. The molecule has 1 saturated heterocycles. The van der Waals surface area contributed by atoms with Crippen molar-refractivity contribution < 1.29 is 19.4 Å². The highest BCUT2D eigenvalue weighted by Gasteiger charge is 2.29. The molecule has 0 bridgehead atoms. The highest BCUT2D eigenvalue weighted by molar-refractivity contribution is 6.29.